The summed E-state index contributed by atoms with van der Waals surface area (Å²) in [5.41, 5.74) is 2.60. The molecule has 1 amide bonds. The topological polar surface area (TPSA) is 69.2 Å². The summed E-state index contributed by atoms with van der Waals surface area (Å²) in [6.45, 7) is 0. The van der Waals surface area contributed by atoms with Crippen molar-refractivity contribution < 1.29 is 23.4 Å². The molecule has 0 heterocycles. The standard InChI is InChI=1S/C17H16ClFN2O4/c1-23-14-7-10(8-15(24-2)16(14)25-3)17(22)21-20-9-11-12(18)5-4-6-13(11)19/h4-9H,1-3H3,(H,21,22). The lowest BCUT2D eigenvalue weighted by molar-refractivity contribution is 0.0954. The van der Waals surface area contributed by atoms with Crippen molar-refractivity contribution in [3.63, 3.8) is 0 Å². The molecule has 8 heteroatoms. The molecule has 0 spiro atoms. The monoisotopic (exact) mass is 366 g/mol. The summed E-state index contributed by atoms with van der Waals surface area (Å²) in [5.74, 6) is -0.0642. The molecule has 0 fully saturated rings. The first-order chi connectivity index (χ1) is 12.0. The molecule has 1 N–H and O–H groups in total. The Labute approximate surface area is 149 Å². The van der Waals surface area contributed by atoms with Crippen LogP contribution in [-0.2, 0) is 0 Å². The van der Waals surface area contributed by atoms with Gasteiger partial charge in [-0.05, 0) is 24.3 Å². The van der Waals surface area contributed by atoms with Crippen molar-refractivity contribution in [3.8, 4) is 17.2 Å². The van der Waals surface area contributed by atoms with E-state index in [0.717, 1.165) is 6.21 Å². The Morgan fingerprint density at radius 2 is 1.80 bits per heavy atom. The normalized spacial score (nSPS) is 10.6. The van der Waals surface area contributed by atoms with Gasteiger partial charge in [-0.2, -0.15) is 5.10 Å². The van der Waals surface area contributed by atoms with E-state index in [-0.39, 0.29) is 16.1 Å². The molecule has 2 rings (SSSR count). The maximum Gasteiger partial charge on any atom is 0.271 e. The average molecular weight is 367 g/mol. The summed E-state index contributed by atoms with van der Waals surface area (Å²) >= 11 is 5.88. The first-order valence-electron chi connectivity index (χ1n) is 7.09. The fourth-order valence-corrected chi connectivity index (χ4v) is 2.28. The van der Waals surface area contributed by atoms with Gasteiger partial charge in [0.1, 0.15) is 5.82 Å². The zero-order valence-electron chi connectivity index (χ0n) is 13.8. The Morgan fingerprint density at radius 3 is 2.32 bits per heavy atom. The van der Waals surface area contributed by atoms with E-state index in [2.05, 4.69) is 10.5 Å². The number of halogens is 2. The van der Waals surface area contributed by atoms with Crippen molar-refractivity contribution in [2.24, 2.45) is 5.10 Å². The summed E-state index contributed by atoms with van der Waals surface area (Å²) < 4.78 is 29.2. The number of nitrogens with one attached hydrogen (secondary N) is 1. The van der Waals surface area contributed by atoms with Crippen molar-refractivity contribution >= 4 is 23.7 Å². The molecular formula is C17H16ClFN2O4. The van der Waals surface area contributed by atoms with Crippen LogP contribution < -0.4 is 19.6 Å². The van der Waals surface area contributed by atoms with E-state index in [1.54, 1.807) is 0 Å². The van der Waals surface area contributed by atoms with Gasteiger partial charge in [-0.25, -0.2) is 9.82 Å². The predicted octanol–water partition coefficient (Wildman–Crippen LogP) is 3.27. The number of carbonyl (C=O) groups excluding carboxylic acids is 1. The van der Waals surface area contributed by atoms with Crippen LogP contribution in [0.15, 0.2) is 35.4 Å². The number of hydrazone groups is 1. The highest BCUT2D eigenvalue weighted by molar-refractivity contribution is 6.33. The van der Waals surface area contributed by atoms with Gasteiger partial charge in [-0.1, -0.05) is 17.7 Å². The van der Waals surface area contributed by atoms with Gasteiger partial charge < -0.3 is 14.2 Å². The number of amides is 1. The lowest BCUT2D eigenvalue weighted by atomic mass is 10.1. The molecule has 2 aromatic carbocycles. The fourth-order valence-electron chi connectivity index (χ4n) is 2.07. The minimum atomic E-state index is -0.543. The molecule has 0 aliphatic rings. The van der Waals surface area contributed by atoms with E-state index < -0.39 is 11.7 Å². The third-order valence-corrected chi connectivity index (χ3v) is 3.62. The number of hydrogen-bond donors (Lipinski definition) is 1. The third kappa shape index (κ3) is 4.19. The summed E-state index contributed by atoms with van der Waals surface area (Å²) in [4.78, 5) is 12.2. The van der Waals surface area contributed by atoms with E-state index in [9.17, 15) is 9.18 Å². The van der Waals surface area contributed by atoms with Crippen LogP contribution in [-0.4, -0.2) is 33.5 Å². The molecule has 0 aliphatic heterocycles. The van der Waals surface area contributed by atoms with Crippen molar-refractivity contribution in [2.45, 2.75) is 0 Å². The van der Waals surface area contributed by atoms with Crippen LogP contribution in [0.25, 0.3) is 0 Å². The van der Waals surface area contributed by atoms with Crippen LogP contribution in [0.2, 0.25) is 5.02 Å². The molecule has 0 saturated carbocycles. The van der Waals surface area contributed by atoms with Crippen LogP contribution in [0.5, 0.6) is 17.2 Å². The van der Waals surface area contributed by atoms with Crippen molar-refractivity contribution in [1.82, 2.24) is 5.43 Å². The van der Waals surface area contributed by atoms with Gasteiger partial charge in [0.2, 0.25) is 5.75 Å². The van der Waals surface area contributed by atoms with E-state index in [1.807, 2.05) is 0 Å². The molecule has 25 heavy (non-hydrogen) atoms. The number of methoxy groups -OCH3 is 3. The van der Waals surface area contributed by atoms with E-state index >= 15 is 0 Å². The highest BCUT2D eigenvalue weighted by Crippen LogP contribution is 2.38. The number of rotatable bonds is 6. The van der Waals surface area contributed by atoms with Crippen LogP contribution >= 0.6 is 11.6 Å². The zero-order chi connectivity index (χ0) is 18.4. The first-order valence-corrected chi connectivity index (χ1v) is 7.47. The lowest BCUT2D eigenvalue weighted by Gasteiger charge is -2.13. The average Bonchev–Trinajstić information content (AvgIpc) is 2.62. The van der Waals surface area contributed by atoms with Crippen molar-refractivity contribution in [3.05, 3.63) is 52.3 Å². The Morgan fingerprint density at radius 1 is 1.16 bits per heavy atom. The molecule has 0 aromatic heterocycles. The minimum absolute atomic E-state index is 0.0781. The van der Waals surface area contributed by atoms with Crippen LogP contribution in [0.4, 0.5) is 4.39 Å². The molecule has 0 aliphatic carbocycles. The Bertz CT molecular complexity index is 766. The Hall–Kier alpha value is -2.80. The molecule has 6 nitrogen and oxygen atoms in total. The number of benzene rings is 2. The minimum Gasteiger partial charge on any atom is -0.493 e. The Balaban J connectivity index is 2.22. The Kier molecular flexibility index (Phi) is 6.19. The second kappa shape index (κ2) is 8.34. The SMILES string of the molecule is COc1cc(C(=O)NN=Cc2c(F)cccc2Cl)cc(OC)c1OC. The molecule has 0 bridgehead atoms. The zero-order valence-corrected chi connectivity index (χ0v) is 14.6. The van der Waals surface area contributed by atoms with E-state index in [4.69, 9.17) is 25.8 Å². The quantitative estimate of drug-likeness (QED) is 0.629. The predicted molar refractivity (Wildman–Crippen MR) is 92.6 cm³/mol. The van der Waals surface area contributed by atoms with Gasteiger partial charge in [-0.3, -0.25) is 4.79 Å². The molecule has 0 atom stereocenters. The number of carbonyl (C=O) groups is 1. The van der Waals surface area contributed by atoms with Gasteiger partial charge >= 0.3 is 0 Å². The molecule has 0 unspecified atom stereocenters. The largest absolute Gasteiger partial charge is 0.493 e. The summed E-state index contributed by atoms with van der Waals surface area (Å²) in [6.07, 6.45) is 1.13. The lowest BCUT2D eigenvalue weighted by Crippen LogP contribution is -2.18. The number of ether oxygens (including phenoxy) is 3. The second-order valence-corrected chi connectivity index (χ2v) is 5.16. The maximum absolute atomic E-state index is 13.6. The van der Waals surface area contributed by atoms with Crippen LogP contribution in [0, 0.1) is 5.82 Å². The van der Waals surface area contributed by atoms with Gasteiger partial charge in [0.05, 0.1) is 32.6 Å². The molecule has 0 saturated heterocycles. The number of nitrogens with zero attached hydrogens (tertiary/aromatic N) is 1. The highest BCUT2D eigenvalue weighted by atomic mass is 35.5. The summed E-state index contributed by atoms with van der Waals surface area (Å²) in [6, 6.07) is 7.19. The van der Waals surface area contributed by atoms with E-state index in [0.29, 0.717) is 17.2 Å². The maximum atomic E-state index is 13.6. The molecule has 2 aromatic rings. The third-order valence-electron chi connectivity index (χ3n) is 3.29. The molecule has 0 radical (unpaired) electrons. The van der Waals surface area contributed by atoms with Crippen LogP contribution in [0.3, 0.4) is 0 Å². The van der Waals surface area contributed by atoms with Gasteiger partial charge in [-0.15, -0.1) is 0 Å². The molecular weight excluding hydrogens is 351 g/mol. The summed E-state index contributed by atoms with van der Waals surface area (Å²) in [7, 11) is 4.34. The smallest absolute Gasteiger partial charge is 0.271 e. The van der Waals surface area contributed by atoms with Gasteiger partial charge in [0, 0.05) is 11.1 Å². The fraction of sp³-hybridized carbons (Fsp3) is 0.176. The van der Waals surface area contributed by atoms with Gasteiger partial charge in [0.15, 0.2) is 11.5 Å². The van der Waals surface area contributed by atoms with Crippen molar-refractivity contribution in [2.75, 3.05) is 21.3 Å². The van der Waals surface area contributed by atoms with E-state index in [1.165, 1.54) is 51.7 Å². The first kappa shape index (κ1) is 18.5. The highest BCUT2D eigenvalue weighted by Gasteiger charge is 2.16. The molecule has 132 valence electrons. The summed E-state index contributed by atoms with van der Waals surface area (Å²) in [5, 5.41) is 3.92. The second-order valence-electron chi connectivity index (χ2n) is 4.75. The van der Waals surface area contributed by atoms with Gasteiger partial charge in [0.25, 0.3) is 5.91 Å². The van der Waals surface area contributed by atoms with Crippen LogP contribution in [0.1, 0.15) is 15.9 Å². The number of hydrogen-bond acceptors (Lipinski definition) is 5. The van der Waals surface area contributed by atoms with Crippen molar-refractivity contribution in [1.29, 1.82) is 0 Å².